The minimum Gasteiger partial charge on any atom is -0.331 e. The van der Waals surface area contributed by atoms with Crippen molar-refractivity contribution in [2.75, 3.05) is 0 Å². The molecule has 0 radical (unpaired) electrons. The van der Waals surface area contributed by atoms with Gasteiger partial charge in [-0.25, -0.2) is 0 Å². The van der Waals surface area contributed by atoms with Gasteiger partial charge in [-0.05, 0) is 54.7 Å². The van der Waals surface area contributed by atoms with Crippen molar-refractivity contribution < 1.29 is 9.59 Å². The Morgan fingerprint density at radius 3 is 2.41 bits per heavy atom. The van der Waals surface area contributed by atoms with E-state index in [0.717, 1.165) is 17.4 Å². The summed E-state index contributed by atoms with van der Waals surface area (Å²) in [5.41, 5.74) is 1.47. The second-order valence-electron chi connectivity index (χ2n) is 9.10. The lowest BCUT2D eigenvalue weighted by atomic mass is 9.66. The first-order valence-corrected chi connectivity index (χ1v) is 11.9. The molecule has 2 aromatic rings. The predicted octanol–water partition coefficient (Wildman–Crippen LogP) is 7.25. The second kappa shape index (κ2) is 10.2. The van der Waals surface area contributed by atoms with Crippen molar-refractivity contribution in [3.63, 3.8) is 0 Å². The molecule has 1 amide bonds. The molecule has 0 spiro atoms. The SMILES string of the molecule is C=CC[C@@]1(C)C[C@H](c2cccc(Cl)c2)C(c2ccc(Cl)cc2)N([C@@H](CC)[C@@H](C)C=O)C1=O. The molecule has 0 bridgehead atoms. The quantitative estimate of drug-likeness (QED) is 0.300. The van der Waals surface area contributed by atoms with Crippen LogP contribution in [0, 0.1) is 11.3 Å². The van der Waals surface area contributed by atoms with Crippen LogP contribution in [-0.4, -0.2) is 23.1 Å². The summed E-state index contributed by atoms with van der Waals surface area (Å²) in [5.74, 6) is -0.216. The number of allylic oxidation sites excluding steroid dienone is 1. The maximum absolute atomic E-state index is 14.1. The third kappa shape index (κ3) is 4.79. The molecular weight excluding hydrogens is 441 g/mol. The number of halogens is 2. The molecule has 3 nitrogen and oxygen atoms in total. The normalized spacial score (nSPS) is 25.3. The van der Waals surface area contributed by atoms with Crippen molar-refractivity contribution in [1.29, 1.82) is 0 Å². The summed E-state index contributed by atoms with van der Waals surface area (Å²) in [4.78, 5) is 27.9. The maximum Gasteiger partial charge on any atom is 0.229 e. The van der Waals surface area contributed by atoms with Crippen LogP contribution in [-0.2, 0) is 9.59 Å². The van der Waals surface area contributed by atoms with E-state index in [0.29, 0.717) is 29.3 Å². The lowest BCUT2D eigenvalue weighted by Gasteiger charge is -2.52. The van der Waals surface area contributed by atoms with E-state index in [4.69, 9.17) is 23.2 Å². The van der Waals surface area contributed by atoms with E-state index in [-0.39, 0.29) is 29.8 Å². The Labute approximate surface area is 201 Å². The highest BCUT2D eigenvalue weighted by atomic mass is 35.5. The highest BCUT2D eigenvalue weighted by Gasteiger charge is 2.51. The van der Waals surface area contributed by atoms with Gasteiger partial charge in [0.15, 0.2) is 0 Å². The van der Waals surface area contributed by atoms with E-state index in [1.807, 2.05) is 74.2 Å². The van der Waals surface area contributed by atoms with Crippen molar-refractivity contribution in [3.8, 4) is 0 Å². The summed E-state index contributed by atoms with van der Waals surface area (Å²) in [6.07, 6.45) is 4.68. The van der Waals surface area contributed by atoms with Crippen molar-refractivity contribution >= 4 is 35.4 Å². The highest BCUT2D eigenvalue weighted by Crippen LogP contribution is 2.52. The topological polar surface area (TPSA) is 37.4 Å². The summed E-state index contributed by atoms with van der Waals surface area (Å²) in [6.45, 7) is 9.85. The van der Waals surface area contributed by atoms with Crippen molar-refractivity contribution in [2.24, 2.45) is 11.3 Å². The molecule has 1 aliphatic heterocycles. The number of likely N-dealkylation sites (tertiary alicyclic amines) is 1. The van der Waals surface area contributed by atoms with E-state index >= 15 is 0 Å². The van der Waals surface area contributed by atoms with Gasteiger partial charge in [-0.2, -0.15) is 0 Å². The number of hydrogen-bond acceptors (Lipinski definition) is 2. The number of aldehydes is 1. The zero-order chi connectivity index (χ0) is 23.5. The third-order valence-corrected chi connectivity index (χ3v) is 7.27. The molecule has 3 rings (SSSR count). The number of nitrogens with zero attached hydrogens (tertiary/aromatic N) is 1. The number of hydrogen-bond donors (Lipinski definition) is 0. The molecule has 5 atom stereocenters. The van der Waals surface area contributed by atoms with Crippen LogP contribution in [0.1, 0.15) is 63.1 Å². The van der Waals surface area contributed by atoms with Crippen LogP contribution < -0.4 is 0 Å². The van der Waals surface area contributed by atoms with Gasteiger partial charge in [0, 0.05) is 27.9 Å². The standard InChI is InChI=1S/C27H31Cl2NO2/c1-5-14-27(4)16-23(20-8-7-9-22(29)15-20)25(19-10-12-21(28)13-11-19)30(26(27)32)24(6-2)18(3)17-31/h5,7-13,15,17-18,23-25H,1,6,14,16H2,2-4H3/t18-,23+,24-,25?,27-/m0/s1. The Morgan fingerprint density at radius 2 is 1.84 bits per heavy atom. The Balaban J connectivity index is 2.26. The Bertz CT molecular complexity index is 974. The summed E-state index contributed by atoms with van der Waals surface area (Å²) < 4.78 is 0. The molecule has 0 aromatic heterocycles. The number of carbonyl (C=O) groups is 2. The Hall–Kier alpha value is -2.10. The van der Waals surface area contributed by atoms with Crippen LogP contribution in [0.5, 0.6) is 0 Å². The van der Waals surface area contributed by atoms with Crippen LogP contribution in [0.3, 0.4) is 0 Å². The molecule has 1 fully saturated rings. The summed E-state index contributed by atoms with van der Waals surface area (Å²) in [7, 11) is 0. The summed E-state index contributed by atoms with van der Waals surface area (Å²) in [6, 6.07) is 15.1. The lowest BCUT2D eigenvalue weighted by molar-refractivity contribution is -0.156. The van der Waals surface area contributed by atoms with Gasteiger partial charge in [-0.1, -0.05) is 74.3 Å². The smallest absolute Gasteiger partial charge is 0.229 e. The molecule has 0 aliphatic carbocycles. The first kappa shape index (κ1) is 24.5. The number of rotatable bonds is 8. The summed E-state index contributed by atoms with van der Waals surface area (Å²) >= 11 is 12.6. The fourth-order valence-corrected chi connectivity index (χ4v) is 5.49. The number of piperidine rings is 1. The molecular formula is C27H31Cl2NO2. The minimum absolute atomic E-state index is 0.00503. The fraction of sp³-hybridized carbons (Fsp3) is 0.407. The monoisotopic (exact) mass is 471 g/mol. The van der Waals surface area contributed by atoms with Crippen molar-refractivity contribution in [1.82, 2.24) is 4.90 Å². The number of carbonyl (C=O) groups excluding carboxylic acids is 2. The van der Waals surface area contributed by atoms with Gasteiger partial charge in [0.1, 0.15) is 6.29 Å². The van der Waals surface area contributed by atoms with Crippen molar-refractivity contribution in [2.45, 2.75) is 58.0 Å². The van der Waals surface area contributed by atoms with Gasteiger partial charge in [0.2, 0.25) is 5.91 Å². The van der Waals surface area contributed by atoms with E-state index in [2.05, 4.69) is 12.6 Å². The van der Waals surface area contributed by atoms with Crippen LogP contribution in [0.15, 0.2) is 61.2 Å². The second-order valence-corrected chi connectivity index (χ2v) is 9.97. The first-order chi connectivity index (χ1) is 15.3. The largest absolute Gasteiger partial charge is 0.331 e. The van der Waals surface area contributed by atoms with Crippen LogP contribution in [0.25, 0.3) is 0 Å². The maximum atomic E-state index is 14.1. The fourth-order valence-electron chi connectivity index (χ4n) is 5.17. The summed E-state index contributed by atoms with van der Waals surface area (Å²) in [5, 5.41) is 1.31. The molecule has 0 N–H and O–H groups in total. The first-order valence-electron chi connectivity index (χ1n) is 11.2. The Morgan fingerprint density at radius 1 is 1.16 bits per heavy atom. The zero-order valence-corrected chi connectivity index (χ0v) is 20.4. The molecule has 170 valence electrons. The van der Waals surface area contributed by atoms with Gasteiger partial charge in [0.05, 0.1) is 11.5 Å². The molecule has 1 heterocycles. The average molecular weight is 472 g/mol. The molecule has 32 heavy (non-hydrogen) atoms. The van der Waals surface area contributed by atoms with E-state index < -0.39 is 5.41 Å². The predicted molar refractivity (Wildman–Crippen MR) is 132 cm³/mol. The average Bonchev–Trinajstić information content (AvgIpc) is 2.77. The van der Waals surface area contributed by atoms with Crippen LogP contribution >= 0.6 is 23.2 Å². The van der Waals surface area contributed by atoms with Gasteiger partial charge in [-0.3, -0.25) is 4.79 Å². The third-order valence-electron chi connectivity index (χ3n) is 6.78. The highest BCUT2D eigenvalue weighted by molar-refractivity contribution is 6.30. The van der Waals surface area contributed by atoms with Crippen LogP contribution in [0.2, 0.25) is 10.0 Å². The van der Waals surface area contributed by atoms with E-state index in [1.165, 1.54) is 0 Å². The molecule has 0 saturated carbocycles. The number of amides is 1. The lowest BCUT2D eigenvalue weighted by Crippen LogP contribution is -2.57. The van der Waals surface area contributed by atoms with Gasteiger partial charge >= 0.3 is 0 Å². The molecule has 5 heteroatoms. The van der Waals surface area contributed by atoms with Crippen LogP contribution in [0.4, 0.5) is 0 Å². The van der Waals surface area contributed by atoms with Gasteiger partial charge in [-0.15, -0.1) is 6.58 Å². The zero-order valence-electron chi connectivity index (χ0n) is 18.9. The van der Waals surface area contributed by atoms with Gasteiger partial charge < -0.3 is 9.69 Å². The molecule has 2 aromatic carbocycles. The minimum atomic E-state index is -0.617. The molecule has 1 aliphatic rings. The van der Waals surface area contributed by atoms with E-state index in [9.17, 15) is 9.59 Å². The molecule has 1 unspecified atom stereocenters. The molecule has 1 saturated heterocycles. The Kier molecular flexibility index (Phi) is 7.84. The number of benzene rings is 2. The van der Waals surface area contributed by atoms with Gasteiger partial charge in [0.25, 0.3) is 0 Å². The van der Waals surface area contributed by atoms with Crippen molar-refractivity contribution in [3.05, 3.63) is 82.4 Å². The van der Waals surface area contributed by atoms with E-state index in [1.54, 1.807) is 0 Å².